The molecule has 3 N–H and O–H groups in total. The van der Waals surface area contributed by atoms with Gasteiger partial charge in [-0.25, -0.2) is 0 Å². The number of carbonyl (C=O) groups is 1. The first-order chi connectivity index (χ1) is 5.20. The molecule has 62 valence electrons. The molecule has 0 aromatic rings. The Kier molecular flexibility index (Phi) is 1.42. The summed E-state index contributed by atoms with van der Waals surface area (Å²) in [5.74, 6) is -0.00463. The van der Waals surface area contributed by atoms with Crippen molar-refractivity contribution in [3.05, 3.63) is 0 Å². The van der Waals surface area contributed by atoms with Gasteiger partial charge in [0, 0.05) is 6.04 Å². The van der Waals surface area contributed by atoms with Crippen molar-refractivity contribution in [2.45, 2.75) is 25.3 Å². The lowest BCUT2D eigenvalue weighted by molar-refractivity contribution is -0.143. The average Bonchev–Trinajstić information content (AvgIpc) is 2.46. The van der Waals surface area contributed by atoms with E-state index in [0.717, 1.165) is 19.3 Å². The Morgan fingerprint density at radius 3 is 2.45 bits per heavy atom. The average molecular weight is 155 g/mol. The molecule has 2 rings (SSSR count). The number of aliphatic carboxylic acids is 1. The van der Waals surface area contributed by atoms with E-state index in [2.05, 4.69) is 0 Å². The van der Waals surface area contributed by atoms with Gasteiger partial charge in [0.05, 0.1) is 5.92 Å². The van der Waals surface area contributed by atoms with Crippen LogP contribution in [0, 0.1) is 17.8 Å². The number of fused-ring (bicyclic) bond motifs is 2. The lowest BCUT2D eigenvalue weighted by atomic mass is 9.89. The van der Waals surface area contributed by atoms with Crippen LogP contribution in [-0.2, 0) is 4.79 Å². The minimum Gasteiger partial charge on any atom is -0.481 e. The van der Waals surface area contributed by atoms with Gasteiger partial charge in [-0.2, -0.15) is 0 Å². The Morgan fingerprint density at radius 2 is 2.18 bits per heavy atom. The summed E-state index contributed by atoms with van der Waals surface area (Å²) in [6.07, 6.45) is 3.00. The number of hydrogen-bond donors (Lipinski definition) is 2. The Morgan fingerprint density at radius 1 is 1.45 bits per heavy atom. The molecule has 0 aliphatic heterocycles. The lowest BCUT2D eigenvalue weighted by Crippen LogP contribution is -2.28. The number of carboxylic acids is 1. The summed E-state index contributed by atoms with van der Waals surface area (Å²) >= 11 is 0. The SMILES string of the molecule is N[C@H]1[C@H]2CC[C@H]1[C@H](C(=O)O)C2. The molecule has 4 atom stereocenters. The molecular formula is C8H13NO2. The molecule has 0 heterocycles. The Hall–Kier alpha value is -0.570. The molecule has 3 heteroatoms. The van der Waals surface area contributed by atoms with E-state index in [-0.39, 0.29) is 17.9 Å². The summed E-state index contributed by atoms with van der Waals surface area (Å²) in [6, 6.07) is 0.177. The van der Waals surface area contributed by atoms with Crippen molar-refractivity contribution in [3.63, 3.8) is 0 Å². The molecule has 0 aromatic heterocycles. The highest BCUT2D eigenvalue weighted by Gasteiger charge is 2.48. The molecule has 0 spiro atoms. The van der Waals surface area contributed by atoms with Gasteiger partial charge in [0.1, 0.15) is 0 Å². The van der Waals surface area contributed by atoms with E-state index in [1.165, 1.54) is 0 Å². The smallest absolute Gasteiger partial charge is 0.306 e. The zero-order chi connectivity index (χ0) is 8.01. The van der Waals surface area contributed by atoms with E-state index < -0.39 is 5.97 Å². The van der Waals surface area contributed by atoms with Crippen molar-refractivity contribution >= 4 is 5.97 Å². The third-order valence-electron chi connectivity index (χ3n) is 3.30. The van der Waals surface area contributed by atoms with Crippen molar-refractivity contribution in [1.29, 1.82) is 0 Å². The van der Waals surface area contributed by atoms with Crippen molar-refractivity contribution in [2.75, 3.05) is 0 Å². The van der Waals surface area contributed by atoms with Gasteiger partial charge in [0.25, 0.3) is 0 Å². The topological polar surface area (TPSA) is 63.3 Å². The molecule has 3 nitrogen and oxygen atoms in total. The first kappa shape index (κ1) is 7.10. The van der Waals surface area contributed by atoms with Gasteiger partial charge in [0.15, 0.2) is 0 Å². The van der Waals surface area contributed by atoms with Crippen LogP contribution in [-0.4, -0.2) is 17.1 Å². The molecule has 2 fully saturated rings. The van der Waals surface area contributed by atoms with Crippen LogP contribution in [0.25, 0.3) is 0 Å². The van der Waals surface area contributed by atoms with Crippen LogP contribution in [0.4, 0.5) is 0 Å². The lowest BCUT2D eigenvalue weighted by Gasteiger charge is -2.16. The number of rotatable bonds is 1. The van der Waals surface area contributed by atoms with Gasteiger partial charge in [-0.05, 0) is 31.1 Å². The van der Waals surface area contributed by atoms with E-state index in [0.29, 0.717) is 5.92 Å². The quantitative estimate of drug-likeness (QED) is 0.577. The Balaban J connectivity index is 2.14. The van der Waals surface area contributed by atoms with Crippen molar-refractivity contribution in [1.82, 2.24) is 0 Å². The predicted octanol–water partition coefficient (Wildman–Crippen LogP) is 0.444. The summed E-state index contributed by atoms with van der Waals surface area (Å²) in [5, 5.41) is 8.80. The third-order valence-corrected chi connectivity index (χ3v) is 3.30. The van der Waals surface area contributed by atoms with E-state index in [9.17, 15) is 4.79 Å². The summed E-state index contributed by atoms with van der Waals surface area (Å²) < 4.78 is 0. The standard InChI is InChI=1S/C8H13NO2/c9-7-4-1-2-5(7)6(3-4)8(10)11/h4-7H,1-3,9H2,(H,10,11)/t4-,5-,6+,7-/m0/s1. The second-order valence-electron chi connectivity index (χ2n) is 3.76. The monoisotopic (exact) mass is 155 g/mol. The van der Waals surface area contributed by atoms with Gasteiger partial charge in [-0.3, -0.25) is 4.79 Å². The van der Waals surface area contributed by atoms with Gasteiger partial charge >= 0.3 is 5.97 Å². The first-order valence-corrected chi connectivity index (χ1v) is 4.18. The molecule has 2 aliphatic rings. The van der Waals surface area contributed by atoms with Crippen LogP contribution in [0.2, 0.25) is 0 Å². The second-order valence-corrected chi connectivity index (χ2v) is 3.76. The van der Waals surface area contributed by atoms with Crippen LogP contribution in [0.3, 0.4) is 0 Å². The van der Waals surface area contributed by atoms with Crippen LogP contribution in [0.15, 0.2) is 0 Å². The van der Waals surface area contributed by atoms with Gasteiger partial charge in [-0.1, -0.05) is 0 Å². The summed E-state index contributed by atoms with van der Waals surface area (Å²) in [7, 11) is 0. The molecule has 0 unspecified atom stereocenters. The maximum absolute atomic E-state index is 10.7. The van der Waals surface area contributed by atoms with E-state index in [1.54, 1.807) is 0 Å². The van der Waals surface area contributed by atoms with Crippen LogP contribution >= 0.6 is 0 Å². The molecule has 0 amide bonds. The zero-order valence-corrected chi connectivity index (χ0v) is 6.36. The summed E-state index contributed by atoms with van der Waals surface area (Å²) in [5.41, 5.74) is 5.85. The second kappa shape index (κ2) is 2.21. The summed E-state index contributed by atoms with van der Waals surface area (Å²) in [6.45, 7) is 0. The fourth-order valence-corrected chi connectivity index (χ4v) is 2.67. The molecule has 2 bridgehead atoms. The highest BCUT2D eigenvalue weighted by Crippen LogP contribution is 2.47. The van der Waals surface area contributed by atoms with Gasteiger partial charge in [-0.15, -0.1) is 0 Å². The number of nitrogens with two attached hydrogens (primary N) is 1. The van der Waals surface area contributed by atoms with Crippen LogP contribution in [0.5, 0.6) is 0 Å². The molecule has 0 saturated heterocycles. The predicted molar refractivity (Wildman–Crippen MR) is 39.9 cm³/mol. The van der Waals surface area contributed by atoms with Crippen molar-refractivity contribution < 1.29 is 9.90 Å². The number of carboxylic acid groups (broad SMARTS) is 1. The first-order valence-electron chi connectivity index (χ1n) is 4.18. The molecule has 0 radical (unpaired) electrons. The van der Waals surface area contributed by atoms with Gasteiger partial charge < -0.3 is 10.8 Å². The molecule has 2 saturated carbocycles. The Bertz CT molecular complexity index is 193. The van der Waals surface area contributed by atoms with E-state index >= 15 is 0 Å². The molecule has 11 heavy (non-hydrogen) atoms. The molecule has 2 aliphatic carbocycles. The maximum Gasteiger partial charge on any atom is 0.306 e. The minimum atomic E-state index is -0.646. The Labute approximate surface area is 65.6 Å². The fourth-order valence-electron chi connectivity index (χ4n) is 2.67. The highest BCUT2D eigenvalue weighted by molar-refractivity contribution is 5.71. The van der Waals surface area contributed by atoms with Crippen molar-refractivity contribution in [3.8, 4) is 0 Å². The van der Waals surface area contributed by atoms with Crippen molar-refractivity contribution in [2.24, 2.45) is 23.5 Å². The normalized spacial score (nSPS) is 48.1. The van der Waals surface area contributed by atoms with Crippen LogP contribution < -0.4 is 5.73 Å². The summed E-state index contributed by atoms with van der Waals surface area (Å²) in [4.78, 5) is 10.7. The fraction of sp³-hybridized carbons (Fsp3) is 0.875. The number of hydrogen-bond acceptors (Lipinski definition) is 2. The minimum absolute atomic E-state index is 0.135. The largest absolute Gasteiger partial charge is 0.481 e. The van der Waals surface area contributed by atoms with E-state index in [1.807, 2.05) is 0 Å². The van der Waals surface area contributed by atoms with Gasteiger partial charge in [0.2, 0.25) is 0 Å². The molecule has 0 aromatic carbocycles. The highest BCUT2D eigenvalue weighted by atomic mass is 16.4. The maximum atomic E-state index is 10.7. The van der Waals surface area contributed by atoms with Crippen LogP contribution in [0.1, 0.15) is 19.3 Å². The molecular weight excluding hydrogens is 142 g/mol. The third kappa shape index (κ3) is 0.872. The zero-order valence-electron chi connectivity index (χ0n) is 6.36. The van der Waals surface area contributed by atoms with E-state index in [4.69, 9.17) is 10.8 Å².